The number of benzene rings is 4. The molecule has 3 N–H and O–H groups in total. The van der Waals surface area contributed by atoms with Crippen LogP contribution >= 0.6 is 0 Å². The minimum Gasteiger partial charge on any atom is -0.444 e. The Balaban J connectivity index is 1.63. The standard InChI is InChI=1S/C37H44N2O3/c1-37(2,3)42-36(41)39-34(25-32(40)24-23-28-15-7-4-8-16-28)35(30-19-11-6-12-20-30)33-22-14-13-21-31(33)27-38-26-29-17-9-5-10-18-29/h4-22,32,34-35,38,40H,23-27H2,1-3H3,(H,39,41)/t32?,34?,35-/m0/s1. The van der Waals surface area contributed by atoms with Crippen LogP contribution in [0, 0.1) is 0 Å². The number of hydrogen-bond donors (Lipinski definition) is 3. The summed E-state index contributed by atoms with van der Waals surface area (Å²) in [6.45, 7) is 7.00. The highest BCUT2D eigenvalue weighted by Crippen LogP contribution is 2.33. The summed E-state index contributed by atoms with van der Waals surface area (Å²) in [6.07, 6.45) is 0.649. The molecule has 4 aromatic rings. The Morgan fingerprint density at radius 3 is 1.98 bits per heavy atom. The van der Waals surface area contributed by atoms with Crippen molar-refractivity contribution >= 4 is 6.09 Å². The predicted octanol–water partition coefficient (Wildman–Crippen LogP) is 7.39. The zero-order valence-corrected chi connectivity index (χ0v) is 25.0. The monoisotopic (exact) mass is 564 g/mol. The number of carbonyl (C=O) groups excluding carboxylic acids is 1. The molecule has 0 aliphatic heterocycles. The molecule has 2 unspecified atom stereocenters. The third kappa shape index (κ3) is 9.86. The molecule has 0 saturated carbocycles. The van der Waals surface area contributed by atoms with Crippen LogP contribution in [0.15, 0.2) is 115 Å². The summed E-state index contributed by atoms with van der Waals surface area (Å²) in [5.41, 5.74) is 5.10. The SMILES string of the molecule is CC(C)(C)OC(=O)NC(CC(O)CCc1ccccc1)[C@@H](c1ccccc1)c1ccccc1CNCc1ccccc1. The van der Waals surface area contributed by atoms with Gasteiger partial charge in [-0.15, -0.1) is 0 Å². The van der Waals surface area contributed by atoms with Gasteiger partial charge in [0.25, 0.3) is 0 Å². The van der Waals surface area contributed by atoms with Crippen molar-refractivity contribution in [2.24, 2.45) is 0 Å². The van der Waals surface area contributed by atoms with Crippen LogP contribution in [-0.2, 0) is 24.2 Å². The molecule has 0 aliphatic carbocycles. The van der Waals surface area contributed by atoms with Gasteiger partial charge < -0.3 is 20.5 Å². The van der Waals surface area contributed by atoms with Gasteiger partial charge in [-0.25, -0.2) is 4.79 Å². The molecular formula is C37H44N2O3. The normalized spacial score (nSPS) is 13.6. The lowest BCUT2D eigenvalue weighted by molar-refractivity contribution is 0.0474. The molecule has 4 rings (SSSR count). The number of alkyl carbamates (subject to hydrolysis) is 1. The Bertz CT molecular complexity index is 1350. The van der Waals surface area contributed by atoms with E-state index in [2.05, 4.69) is 65.2 Å². The molecule has 220 valence electrons. The number of aliphatic hydroxyl groups excluding tert-OH is 1. The smallest absolute Gasteiger partial charge is 0.407 e. The maximum atomic E-state index is 13.2. The highest BCUT2D eigenvalue weighted by Gasteiger charge is 2.31. The molecule has 0 heterocycles. The highest BCUT2D eigenvalue weighted by atomic mass is 16.6. The summed E-state index contributed by atoms with van der Waals surface area (Å²) in [7, 11) is 0. The molecule has 0 spiro atoms. The minimum absolute atomic E-state index is 0.195. The maximum Gasteiger partial charge on any atom is 0.407 e. The molecule has 0 radical (unpaired) electrons. The second kappa shape index (κ2) is 15.3. The number of aliphatic hydroxyl groups is 1. The van der Waals surface area contributed by atoms with Crippen molar-refractivity contribution in [1.82, 2.24) is 10.6 Å². The van der Waals surface area contributed by atoms with Crippen molar-refractivity contribution in [2.45, 2.75) is 76.8 Å². The summed E-state index contributed by atoms with van der Waals surface area (Å²) in [5.74, 6) is -0.195. The van der Waals surface area contributed by atoms with Crippen molar-refractivity contribution in [2.75, 3.05) is 0 Å². The topological polar surface area (TPSA) is 70.6 Å². The van der Waals surface area contributed by atoms with Crippen LogP contribution in [0.3, 0.4) is 0 Å². The van der Waals surface area contributed by atoms with E-state index in [0.29, 0.717) is 19.4 Å². The molecule has 4 aromatic carbocycles. The third-order valence-electron chi connectivity index (χ3n) is 7.28. The Kier molecular flexibility index (Phi) is 11.3. The van der Waals surface area contributed by atoms with Gasteiger partial charge in [0.05, 0.1) is 6.10 Å². The van der Waals surface area contributed by atoms with E-state index in [4.69, 9.17) is 4.74 Å². The van der Waals surface area contributed by atoms with Gasteiger partial charge in [0.15, 0.2) is 0 Å². The quantitative estimate of drug-likeness (QED) is 0.158. The lowest BCUT2D eigenvalue weighted by Crippen LogP contribution is -2.44. The Morgan fingerprint density at radius 2 is 1.33 bits per heavy atom. The first kappa shape index (κ1) is 31.0. The molecule has 0 aromatic heterocycles. The summed E-state index contributed by atoms with van der Waals surface area (Å²) in [6, 6.07) is 38.7. The van der Waals surface area contributed by atoms with Crippen LogP contribution in [0.25, 0.3) is 0 Å². The molecule has 0 aliphatic rings. The van der Waals surface area contributed by atoms with Crippen molar-refractivity contribution in [3.8, 4) is 0 Å². The van der Waals surface area contributed by atoms with Gasteiger partial charge in [0, 0.05) is 25.0 Å². The van der Waals surface area contributed by atoms with E-state index >= 15 is 0 Å². The maximum absolute atomic E-state index is 13.2. The van der Waals surface area contributed by atoms with Crippen molar-refractivity contribution in [3.05, 3.63) is 143 Å². The van der Waals surface area contributed by atoms with Crippen LogP contribution in [0.4, 0.5) is 4.79 Å². The second-order valence-corrected chi connectivity index (χ2v) is 11.8. The predicted molar refractivity (Wildman–Crippen MR) is 170 cm³/mol. The third-order valence-corrected chi connectivity index (χ3v) is 7.28. The van der Waals surface area contributed by atoms with E-state index in [0.717, 1.165) is 29.7 Å². The van der Waals surface area contributed by atoms with Crippen molar-refractivity contribution < 1.29 is 14.6 Å². The first-order valence-corrected chi connectivity index (χ1v) is 14.9. The number of rotatable bonds is 13. The summed E-state index contributed by atoms with van der Waals surface area (Å²) in [5, 5.41) is 18.1. The first-order valence-electron chi connectivity index (χ1n) is 14.9. The fourth-order valence-electron chi connectivity index (χ4n) is 5.35. The Hall–Kier alpha value is -3.93. The van der Waals surface area contributed by atoms with Crippen LogP contribution in [0.5, 0.6) is 0 Å². The van der Waals surface area contributed by atoms with Gasteiger partial charge in [-0.3, -0.25) is 0 Å². The molecule has 42 heavy (non-hydrogen) atoms. The van der Waals surface area contributed by atoms with Crippen LogP contribution in [-0.4, -0.2) is 28.9 Å². The number of ether oxygens (including phenoxy) is 1. The fraction of sp³-hybridized carbons (Fsp3) is 0.324. The molecule has 0 fully saturated rings. The van der Waals surface area contributed by atoms with Crippen LogP contribution in [0.2, 0.25) is 0 Å². The van der Waals surface area contributed by atoms with E-state index in [1.165, 1.54) is 11.1 Å². The van der Waals surface area contributed by atoms with Gasteiger partial charge in [0.2, 0.25) is 0 Å². The van der Waals surface area contributed by atoms with Crippen LogP contribution in [0.1, 0.15) is 67.3 Å². The van der Waals surface area contributed by atoms with Gasteiger partial charge >= 0.3 is 6.09 Å². The largest absolute Gasteiger partial charge is 0.444 e. The Morgan fingerprint density at radius 1 is 0.762 bits per heavy atom. The van der Waals surface area contributed by atoms with Gasteiger partial charge in [0.1, 0.15) is 5.60 Å². The molecular weight excluding hydrogens is 520 g/mol. The van der Waals surface area contributed by atoms with Crippen molar-refractivity contribution in [3.63, 3.8) is 0 Å². The number of nitrogens with one attached hydrogen (secondary N) is 2. The molecule has 3 atom stereocenters. The molecule has 0 bridgehead atoms. The zero-order chi connectivity index (χ0) is 29.8. The van der Waals surface area contributed by atoms with E-state index < -0.39 is 23.8 Å². The van der Waals surface area contributed by atoms with Gasteiger partial charge in [-0.2, -0.15) is 0 Å². The average Bonchev–Trinajstić information content (AvgIpc) is 2.98. The molecule has 5 heteroatoms. The second-order valence-electron chi connectivity index (χ2n) is 11.8. The first-order chi connectivity index (χ1) is 20.3. The molecule has 0 saturated heterocycles. The number of aryl methyl sites for hydroxylation is 1. The Labute approximate surface area is 251 Å². The summed E-state index contributed by atoms with van der Waals surface area (Å²) in [4.78, 5) is 13.2. The van der Waals surface area contributed by atoms with Gasteiger partial charge in [-0.1, -0.05) is 115 Å². The van der Waals surface area contributed by atoms with E-state index in [9.17, 15) is 9.90 Å². The minimum atomic E-state index is -0.637. The summed E-state index contributed by atoms with van der Waals surface area (Å²) < 4.78 is 5.70. The number of carbonyl (C=O) groups is 1. The fourth-order valence-corrected chi connectivity index (χ4v) is 5.35. The summed E-state index contributed by atoms with van der Waals surface area (Å²) >= 11 is 0. The zero-order valence-electron chi connectivity index (χ0n) is 25.0. The van der Waals surface area contributed by atoms with Crippen LogP contribution < -0.4 is 10.6 Å². The van der Waals surface area contributed by atoms with Crippen molar-refractivity contribution in [1.29, 1.82) is 0 Å². The number of hydrogen-bond acceptors (Lipinski definition) is 4. The lowest BCUT2D eigenvalue weighted by Gasteiger charge is -2.33. The van der Waals surface area contributed by atoms with E-state index in [-0.39, 0.29) is 5.92 Å². The molecule has 5 nitrogen and oxygen atoms in total. The van der Waals surface area contributed by atoms with E-state index in [1.54, 1.807) is 0 Å². The van der Waals surface area contributed by atoms with Gasteiger partial charge in [-0.05, 0) is 67.9 Å². The average molecular weight is 565 g/mol. The highest BCUT2D eigenvalue weighted by molar-refractivity contribution is 5.68. The number of amides is 1. The lowest BCUT2D eigenvalue weighted by atomic mass is 9.80. The van der Waals surface area contributed by atoms with E-state index in [1.807, 2.05) is 81.4 Å². The molecule has 1 amide bonds.